The molecule has 6 nitrogen and oxygen atoms in total. The summed E-state index contributed by atoms with van der Waals surface area (Å²) in [4.78, 5) is 11.4. The summed E-state index contributed by atoms with van der Waals surface area (Å²) < 4.78 is 6.89. The van der Waals surface area contributed by atoms with Crippen LogP contribution in [-0.2, 0) is 4.79 Å². The summed E-state index contributed by atoms with van der Waals surface area (Å²) in [5, 5.41) is 16.7. The van der Waals surface area contributed by atoms with Crippen LogP contribution in [0.5, 0.6) is 5.75 Å². The maximum absolute atomic E-state index is 11.4. The van der Waals surface area contributed by atoms with E-state index in [1.165, 1.54) is 0 Å². The number of aromatic nitrogens is 2. The number of ether oxygens (including phenoxy) is 1. The lowest BCUT2D eigenvalue weighted by atomic mass is 9.97. The standard InChI is InChI=1S/C12H19N3O3/c1-3-13-12(11(16)17)5-4-9(6-12)15-8-10(18-2)7-14-15/h7-9,13H,3-6H2,1-2H3,(H,16,17). The van der Waals surface area contributed by atoms with Crippen molar-refractivity contribution in [1.82, 2.24) is 15.1 Å². The molecule has 1 aliphatic carbocycles. The molecule has 2 atom stereocenters. The van der Waals surface area contributed by atoms with Gasteiger partial charge in [-0.2, -0.15) is 5.10 Å². The molecule has 1 fully saturated rings. The van der Waals surface area contributed by atoms with Crippen molar-refractivity contribution in [3.8, 4) is 5.75 Å². The molecule has 0 radical (unpaired) electrons. The number of hydrogen-bond donors (Lipinski definition) is 2. The maximum Gasteiger partial charge on any atom is 0.323 e. The molecule has 1 aliphatic rings. The number of nitrogens with zero attached hydrogens (tertiary/aromatic N) is 2. The zero-order valence-corrected chi connectivity index (χ0v) is 10.7. The largest absolute Gasteiger partial charge is 0.493 e. The van der Waals surface area contributed by atoms with E-state index >= 15 is 0 Å². The number of carboxylic acids is 1. The Morgan fingerprint density at radius 1 is 1.78 bits per heavy atom. The van der Waals surface area contributed by atoms with Crippen molar-refractivity contribution in [2.24, 2.45) is 0 Å². The van der Waals surface area contributed by atoms with Crippen molar-refractivity contribution in [3.05, 3.63) is 12.4 Å². The summed E-state index contributed by atoms with van der Waals surface area (Å²) in [5.74, 6) is -0.0720. The highest BCUT2D eigenvalue weighted by molar-refractivity contribution is 5.79. The monoisotopic (exact) mass is 253 g/mol. The van der Waals surface area contributed by atoms with Crippen molar-refractivity contribution in [2.45, 2.75) is 37.8 Å². The van der Waals surface area contributed by atoms with E-state index in [9.17, 15) is 9.90 Å². The quantitative estimate of drug-likeness (QED) is 0.820. The number of aliphatic carboxylic acids is 1. The average molecular weight is 253 g/mol. The number of rotatable bonds is 5. The van der Waals surface area contributed by atoms with Crippen LogP contribution in [0.15, 0.2) is 12.4 Å². The molecule has 2 N–H and O–H groups in total. The number of methoxy groups -OCH3 is 1. The van der Waals surface area contributed by atoms with Gasteiger partial charge >= 0.3 is 5.97 Å². The van der Waals surface area contributed by atoms with Crippen LogP contribution in [-0.4, -0.2) is 40.0 Å². The Morgan fingerprint density at radius 2 is 2.56 bits per heavy atom. The molecule has 0 amide bonds. The van der Waals surface area contributed by atoms with Gasteiger partial charge in [-0.15, -0.1) is 0 Å². The fourth-order valence-electron chi connectivity index (χ4n) is 2.64. The van der Waals surface area contributed by atoms with Crippen molar-refractivity contribution >= 4 is 5.97 Å². The lowest BCUT2D eigenvalue weighted by molar-refractivity contribution is -0.144. The van der Waals surface area contributed by atoms with Crippen LogP contribution in [0, 0.1) is 0 Å². The lowest BCUT2D eigenvalue weighted by Crippen LogP contribution is -2.50. The maximum atomic E-state index is 11.4. The van der Waals surface area contributed by atoms with E-state index in [-0.39, 0.29) is 6.04 Å². The number of likely N-dealkylation sites (N-methyl/N-ethyl adjacent to an activating group) is 1. The van der Waals surface area contributed by atoms with Crippen LogP contribution in [0.4, 0.5) is 0 Å². The second-order valence-corrected chi connectivity index (χ2v) is 4.67. The predicted octanol–water partition coefficient (Wildman–Crippen LogP) is 1.05. The van der Waals surface area contributed by atoms with Crippen LogP contribution in [0.25, 0.3) is 0 Å². The Morgan fingerprint density at radius 3 is 3.11 bits per heavy atom. The molecule has 0 bridgehead atoms. The highest BCUT2D eigenvalue weighted by atomic mass is 16.5. The summed E-state index contributed by atoms with van der Waals surface area (Å²) >= 11 is 0. The Balaban J connectivity index is 2.13. The number of hydrogen-bond acceptors (Lipinski definition) is 4. The summed E-state index contributed by atoms with van der Waals surface area (Å²) in [7, 11) is 1.59. The van der Waals surface area contributed by atoms with Gasteiger partial charge < -0.3 is 15.2 Å². The second kappa shape index (κ2) is 4.97. The van der Waals surface area contributed by atoms with Gasteiger partial charge in [0.2, 0.25) is 0 Å². The third kappa shape index (κ3) is 2.20. The van der Waals surface area contributed by atoms with E-state index in [1.54, 1.807) is 18.0 Å². The first-order valence-corrected chi connectivity index (χ1v) is 6.18. The molecule has 2 unspecified atom stereocenters. The first-order chi connectivity index (χ1) is 8.61. The SMILES string of the molecule is CCNC1(C(=O)O)CCC(n2cc(OC)cn2)C1. The molecule has 18 heavy (non-hydrogen) atoms. The molecule has 100 valence electrons. The topological polar surface area (TPSA) is 76.4 Å². The van der Waals surface area contributed by atoms with Gasteiger partial charge in [-0.25, -0.2) is 0 Å². The number of carbonyl (C=O) groups is 1. The van der Waals surface area contributed by atoms with Gasteiger partial charge in [-0.05, 0) is 25.8 Å². The molecule has 0 aromatic carbocycles. The van der Waals surface area contributed by atoms with Gasteiger partial charge in [-0.1, -0.05) is 6.92 Å². The van der Waals surface area contributed by atoms with Gasteiger partial charge in [0.25, 0.3) is 0 Å². The molecule has 6 heteroatoms. The molecule has 0 aliphatic heterocycles. The van der Waals surface area contributed by atoms with Crippen LogP contribution in [0.2, 0.25) is 0 Å². The van der Waals surface area contributed by atoms with Crippen LogP contribution in [0.3, 0.4) is 0 Å². The fraction of sp³-hybridized carbons (Fsp3) is 0.667. The molecule has 0 saturated heterocycles. The molecule has 1 saturated carbocycles. The minimum absolute atomic E-state index is 0.115. The van der Waals surface area contributed by atoms with E-state index in [0.29, 0.717) is 25.1 Å². The summed E-state index contributed by atoms with van der Waals surface area (Å²) in [6, 6.07) is 0.115. The Labute approximate surface area is 106 Å². The fourth-order valence-corrected chi connectivity index (χ4v) is 2.64. The Bertz CT molecular complexity index is 432. The van der Waals surface area contributed by atoms with Gasteiger partial charge in [-0.3, -0.25) is 9.48 Å². The van der Waals surface area contributed by atoms with Gasteiger partial charge in [0, 0.05) is 0 Å². The van der Waals surface area contributed by atoms with E-state index in [0.717, 1.165) is 6.42 Å². The average Bonchev–Trinajstić information content (AvgIpc) is 2.95. The molecule has 1 heterocycles. The van der Waals surface area contributed by atoms with E-state index in [4.69, 9.17) is 4.74 Å². The lowest BCUT2D eigenvalue weighted by Gasteiger charge is -2.25. The zero-order chi connectivity index (χ0) is 13.2. The summed E-state index contributed by atoms with van der Waals surface area (Å²) in [6.07, 6.45) is 5.46. The minimum Gasteiger partial charge on any atom is -0.493 e. The van der Waals surface area contributed by atoms with Crippen molar-refractivity contribution in [2.75, 3.05) is 13.7 Å². The first-order valence-electron chi connectivity index (χ1n) is 6.18. The molecule has 1 aromatic rings. The van der Waals surface area contributed by atoms with Crippen LogP contribution >= 0.6 is 0 Å². The first kappa shape index (κ1) is 12.9. The van der Waals surface area contributed by atoms with E-state index in [1.807, 2.05) is 13.1 Å². The molecule has 1 aromatic heterocycles. The van der Waals surface area contributed by atoms with Gasteiger partial charge in [0.05, 0.1) is 25.5 Å². The Hall–Kier alpha value is -1.56. The van der Waals surface area contributed by atoms with Gasteiger partial charge in [0.1, 0.15) is 5.54 Å². The van der Waals surface area contributed by atoms with Crippen molar-refractivity contribution in [3.63, 3.8) is 0 Å². The third-order valence-corrected chi connectivity index (χ3v) is 3.60. The number of nitrogens with one attached hydrogen (secondary N) is 1. The smallest absolute Gasteiger partial charge is 0.323 e. The van der Waals surface area contributed by atoms with E-state index < -0.39 is 11.5 Å². The molecule has 0 spiro atoms. The van der Waals surface area contributed by atoms with Crippen LogP contribution in [0.1, 0.15) is 32.2 Å². The highest BCUT2D eigenvalue weighted by Crippen LogP contribution is 2.38. The predicted molar refractivity (Wildman–Crippen MR) is 65.7 cm³/mol. The highest BCUT2D eigenvalue weighted by Gasteiger charge is 2.45. The van der Waals surface area contributed by atoms with Crippen molar-refractivity contribution < 1.29 is 14.6 Å². The Kier molecular flexibility index (Phi) is 3.56. The summed E-state index contributed by atoms with van der Waals surface area (Å²) in [6.45, 7) is 2.58. The van der Waals surface area contributed by atoms with Crippen molar-refractivity contribution in [1.29, 1.82) is 0 Å². The molecule has 2 rings (SSSR count). The summed E-state index contributed by atoms with van der Waals surface area (Å²) in [5.41, 5.74) is -0.807. The minimum atomic E-state index is -0.807. The zero-order valence-electron chi connectivity index (χ0n) is 10.7. The number of carboxylic acid groups (broad SMARTS) is 1. The molecular weight excluding hydrogens is 234 g/mol. The van der Waals surface area contributed by atoms with E-state index in [2.05, 4.69) is 10.4 Å². The normalized spacial score (nSPS) is 27.3. The van der Waals surface area contributed by atoms with Crippen LogP contribution < -0.4 is 10.1 Å². The third-order valence-electron chi connectivity index (χ3n) is 3.60. The van der Waals surface area contributed by atoms with Gasteiger partial charge in [0.15, 0.2) is 5.75 Å². The molecular formula is C12H19N3O3. The second-order valence-electron chi connectivity index (χ2n) is 4.67.